The Morgan fingerprint density at radius 1 is 1.09 bits per heavy atom. The average Bonchev–Trinajstić information content (AvgIpc) is 2.03. The number of piperidine rings is 1. The molecular formula is C8H18ClNO. The molecule has 0 radical (unpaired) electrons. The molecule has 0 amide bonds. The highest BCUT2D eigenvalue weighted by molar-refractivity contribution is 5.85. The van der Waals surface area contributed by atoms with Gasteiger partial charge in [0.2, 0.25) is 0 Å². The Labute approximate surface area is 75.0 Å². The minimum atomic E-state index is 0. The van der Waals surface area contributed by atoms with E-state index in [1.54, 1.807) is 0 Å². The number of aliphatic hydroxyl groups is 1. The second kappa shape index (κ2) is 6.89. The highest BCUT2D eigenvalue weighted by Crippen LogP contribution is 2.08. The predicted molar refractivity (Wildman–Crippen MR) is 49.2 cm³/mol. The molecule has 1 heterocycles. The van der Waals surface area contributed by atoms with Crippen molar-refractivity contribution in [2.24, 2.45) is 0 Å². The second-order valence-corrected chi connectivity index (χ2v) is 2.98. The molecule has 1 N–H and O–H groups in total. The monoisotopic (exact) mass is 179 g/mol. The maximum atomic E-state index is 8.57. The molecule has 1 aliphatic heterocycles. The van der Waals surface area contributed by atoms with E-state index in [-0.39, 0.29) is 12.4 Å². The first-order chi connectivity index (χ1) is 4.93. The molecule has 0 aromatic carbocycles. The Morgan fingerprint density at radius 3 is 2.27 bits per heavy atom. The summed E-state index contributed by atoms with van der Waals surface area (Å²) in [4.78, 5) is 2.44. The van der Waals surface area contributed by atoms with E-state index >= 15 is 0 Å². The fourth-order valence-electron chi connectivity index (χ4n) is 1.48. The van der Waals surface area contributed by atoms with Gasteiger partial charge < -0.3 is 10.0 Å². The van der Waals surface area contributed by atoms with E-state index in [9.17, 15) is 0 Å². The molecular weight excluding hydrogens is 162 g/mol. The molecule has 0 bridgehead atoms. The summed E-state index contributed by atoms with van der Waals surface area (Å²) >= 11 is 0. The number of likely N-dealkylation sites (tertiary alicyclic amines) is 1. The number of nitrogens with zero attached hydrogens (tertiary/aromatic N) is 1. The van der Waals surface area contributed by atoms with E-state index in [1.807, 2.05) is 0 Å². The minimum Gasteiger partial charge on any atom is -0.396 e. The number of hydrogen-bond donors (Lipinski definition) is 1. The molecule has 0 atom stereocenters. The normalized spacial score (nSPS) is 19.4. The summed E-state index contributed by atoms with van der Waals surface area (Å²) in [6, 6.07) is 0. The highest BCUT2D eigenvalue weighted by atomic mass is 35.5. The van der Waals surface area contributed by atoms with Crippen LogP contribution in [0.25, 0.3) is 0 Å². The van der Waals surface area contributed by atoms with Crippen molar-refractivity contribution in [3.05, 3.63) is 0 Å². The molecule has 0 aromatic rings. The molecule has 0 unspecified atom stereocenters. The Hall–Kier alpha value is 0.210. The molecule has 3 heteroatoms. The van der Waals surface area contributed by atoms with E-state index in [0.29, 0.717) is 6.61 Å². The van der Waals surface area contributed by atoms with Crippen LogP contribution in [-0.4, -0.2) is 36.2 Å². The van der Waals surface area contributed by atoms with Crippen LogP contribution in [0.3, 0.4) is 0 Å². The van der Waals surface area contributed by atoms with Gasteiger partial charge in [-0.1, -0.05) is 6.42 Å². The zero-order chi connectivity index (χ0) is 7.23. The van der Waals surface area contributed by atoms with Crippen molar-refractivity contribution < 1.29 is 5.11 Å². The van der Waals surface area contributed by atoms with Gasteiger partial charge in [0.1, 0.15) is 0 Å². The van der Waals surface area contributed by atoms with E-state index < -0.39 is 0 Å². The van der Waals surface area contributed by atoms with Crippen molar-refractivity contribution in [2.75, 3.05) is 26.2 Å². The molecule has 0 saturated carbocycles. The van der Waals surface area contributed by atoms with E-state index in [0.717, 1.165) is 13.0 Å². The maximum absolute atomic E-state index is 8.57. The predicted octanol–water partition coefficient (Wildman–Crippen LogP) is 1.28. The molecule has 1 saturated heterocycles. The van der Waals surface area contributed by atoms with Gasteiger partial charge >= 0.3 is 0 Å². The number of hydrogen-bond acceptors (Lipinski definition) is 2. The standard InChI is InChI=1S/C8H17NO.ClH/c10-8-4-7-9-5-2-1-3-6-9;/h10H,1-8H2;1H. The van der Waals surface area contributed by atoms with Gasteiger partial charge in [-0.25, -0.2) is 0 Å². The van der Waals surface area contributed by atoms with Crippen molar-refractivity contribution in [1.82, 2.24) is 4.90 Å². The Bertz CT molecular complexity index is 84.2. The Morgan fingerprint density at radius 2 is 1.73 bits per heavy atom. The van der Waals surface area contributed by atoms with Crippen LogP contribution in [0.4, 0.5) is 0 Å². The summed E-state index contributed by atoms with van der Waals surface area (Å²) in [7, 11) is 0. The summed E-state index contributed by atoms with van der Waals surface area (Å²) in [6.07, 6.45) is 5.05. The van der Waals surface area contributed by atoms with Crippen LogP contribution >= 0.6 is 12.4 Å². The van der Waals surface area contributed by atoms with Crippen molar-refractivity contribution in [3.8, 4) is 0 Å². The lowest BCUT2D eigenvalue weighted by Gasteiger charge is -2.25. The third-order valence-corrected chi connectivity index (χ3v) is 2.08. The van der Waals surface area contributed by atoms with Crippen molar-refractivity contribution in [3.63, 3.8) is 0 Å². The van der Waals surface area contributed by atoms with Crippen LogP contribution in [-0.2, 0) is 0 Å². The summed E-state index contributed by atoms with van der Waals surface area (Å²) in [6.45, 7) is 3.94. The summed E-state index contributed by atoms with van der Waals surface area (Å²) in [5, 5.41) is 8.57. The lowest BCUT2D eigenvalue weighted by atomic mass is 10.1. The van der Waals surface area contributed by atoms with Crippen molar-refractivity contribution in [2.45, 2.75) is 25.7 Å². The molecule has 1 aliphatic rings. The van der Waals surface area contributed by atoms with E-state index in [2.05, 4.69) is 4.90 Å². The quantitative estimate of drug-likeness (QED) is 0.706. The Balaban J connectivity index is 0.000001000. The topological polar surface area (TPSA) is 23.5 Å². The molecule has 0 aliphatic carbocycles. The lowest BCUT2D eigenvalue weighted by molar-refractivity contribution is 0.198. The molecule has 11 heavy (non-hydrogen) atoms. The largest absolute Gasteiger partial charge is 0.396 e. The third kappa shape index (κ3) is 4.62. The van der Waals surface area contributed by atoms with Crippen molar-refractivity contribution in [1.29, 1.82) is 0 Å². The average molecular weight is 180 g/mol. The second-order valence-electron chi connectivity index (χ2n) is 2.98. The summed E-state index contributed by atoms with van der Waals surface area (Å²) < 4.78 is 0. The highest BCUT2D eigenvalue weighted by Gasteiger charge is 2.07. The first-order valence-electron chi connectivity index (χ1n) is 4.26. The van der Waals surface area contributed by atoms with E-state index in [1.165, 1.54) is 32.4 Å². The third-order valence-electron chi connectivity index (χ3n) is 2.08. The zero-order valence-electron chi connectivity index (χ0n) is 6.96. The maximum Gasteiger partial charge on any atom is 0.0443 e. The molecule has 1 fully saturated rings. The zero-order valence-corrected chi connectivity index (χ0v) is 7.78. The number of aliphatic hydroxyl groups excluding tert-OH is 1. The van der Waals surface area contributed by atoms with Crippen LogP contribution in [0.5, 0.6) is 0 Å². The Kier molecular flexibility index (Phi) is 7.02. The fourth-order valence-corrected chi connectivity index (χ4v) is 1.48. The summed E-state index contributed by atoms with van der Waals surface area (Å²) in [5.41, 5.74) is 0. The lowest BCUT2D eigenvalue weighted by Crippen LogP contribution is -2.30. The molecule has 0 spiro atoms. The van der Waals surface area contributed by atoms with Crippen LogP contribution in [0.1, 0.15) is 25.7 Å². The van der Waals surface area contributed by atoms with Crippen molar-refractivity contribution >= 4 is 12.4 Å². The number of halogens is 1. The number of rotatable bonds is 3. The smallest absolute Gasteiger partial charge is 0.0443 e. The molecule has 2 nitrogen and oxygen atoms in total. The van der Waals surface area contributed by atoms with Crippen LogP contribution in [0.2, 0.25) is 0 Å². The molecule has 68 valence electrons. The van der Waals surface area contributed by atoms with Crippen LogP contribution < -0.4 is 0 Å². The van der Waals surface area contributed by atoms with Gasteiger partial charge in [-0.2, -0.15) is 0 Å². The fraction of sp³-hybridized carbons (Fsp3) is 1.00. The van der Waals surface area contributed by atoms with Crippen LogP contribution in [0.15, 0.2) is 0 Å². The van der Waals surface area contributed by atoms with E-state index in [4.69, 9.17) is 5.11 Å². The SMILES string of the molecule is Cl.OCCCN1CCCCC1. The summed E-state index contributed by atoms with van der Waals surface area (Å²) in [5.74, 6) is 0. The van der Waals surface area contributed by atoms with Gasteiger partial charge in [0.05, 0.1) is 0 Å². The van der Waals surface area contributed by atoms with Crippen LogP contribution in [0, 0.1) is 0 Å². The first-order valence-corrected chi connectivity index (χ1v) is 4.26. The first kappa shape index (κ1) is 11.2. The minimum absolute atomic E-state index is 0. The van der Waals surface area contributed by atoms with Gasteiger partial charge in [-0.15, -0.1) is 12.4 Å². The van der Waals surface area contributed by atoms with Gasteiger partial charge in [0.15, 0.2) is 0 Å². The van der Waals surface area contributed by atoms with Gasteiger partial charge in [0, 0.05) is 13.2 Å². The van der Waals surface area contributed by atoms with Gasteiger partial charge in [-0.05, 0) is 32.4 Å². The van der Waals surface area contributed by atoms with Gasteiger partial charge in [-0.3, -0.25) is 0 Å². The molecule has 1 rings (SSSR count). The molecule has 0 aromatic heterocycles. The van der Waals surface area contributed by atoms with Gasteiger partial charge in [0.25, 0.3) is 0 Å².